The van der Waals surface area contributed by atoms with E-state index in [-0.39, 0.29) is 30.1 Å². The lowest BCUT2D eigenvalue weighted by Gasteiger charge is -2.22. The summed E-state index contributed by atoms with van der Waals surface area (Å²) in [6.07, 6.45) is 0.758. The van der Waals surface area contributed by atoms with E-state index < -0.39 is 16.0 Å². The Morgan fingerprint density at radius 3 is 2.36 bits per heavy atom. The number of carbonyl (C=O) groups is 2. The average Bonchev–Trinajstić information content (AvgIpc) is 3.30. The number of ether oxygens (including phenoxy) is 2. The van der Waals surface area contributed by atoms with Crippen LogP contribution in [-0.4, -0.2) is 46.6 Å². The monoisotopic (exact) mass is 544 g/mol. The second-order valence-corrected chi connectivity index (χ2v) is 11.3. The van der Waals surface area contributed by atoms with Crippen molar-refractivity contribution in [3.63, 3.8) is 0 Å². The molecule has 4 aromatic carbocycles. The van der Waals surface area contributed by atoms with Gasteiger partial charge in [0.25, 0.3) is 15.9 Å². The molecule has 1 aliphatic heterocycles. The minimum absolute atomic E-state index is 0.00783. The van der Waals surface area contributed by atoms with E-state index in [4.69, 9.17) is 9.47 Å². The van der Waals surface area contributed by atoms with Crippen LogP contribution in [0.4, 0.5) is 11.4 Å². The Bertz CT molecular complexity index is 1640. The van der Waals surface area contributed by atoms with Gasteiger partial charge in [0.2, 0.25) is 0 Å². The molecule has 0 radical (unpaired) electrons. The zero-order valence-corrected chi connectivity index (χ0v) is 22.4. The number of hydrogen-bond donors (Lipinski definition) is 0. The maximum atomic E-state index is 13.2. The third-order valence-electron chi connectivity index (χ3n) is 6.77. The number of amides is 1. The molecule has 0 saturated heterocycles. The molecule has 0 aromatic heterocycles. The van der Waals surface area contributed by atoms with E-state index >= 15 is 0 Å². The van der Waals surface area contributed by atoms with Crippen LogP contribution in [0.3, 0.4) is 0 Å². The number of esters is 1. The van der Waals surface area contributed by atoms with E-state index in [9.17, 15) is 18.0 Å². The maximum absolute atomic E-state index is 13.2. The van der Waals surface area contributed by atoms with E-state index in [1.807, 2.05) is 55.5 Å². The summed E-state index contributed by atoms with van der Waals surface area (Å²) in [5, 5.41) is 1.79. The summed E-state index contributed by atoms with van der Waals surface area (Å²) >= 11 is 0. The summed E-state index contributed by atoms with van der Waals surface area (Å²) in [6, 6.07) is 26.6. The van der Waals surface area contributed by atoms with Crippen molar-refractivity contribution in [3.05, 3.63) is 96.6 Å². The van der Waals surface area contributed by atoms with E-state index in [2.05, 4.69) is 0 Å². The summed E-state index contributed by atoms with van der Waals surface area (Å²) in [5.41, 5.74) is 2.37. The lowest BCUT2D eigenvalue weighted by molar-refractivity contribution is -0.149. The number of rotatable bonds is 8. The molecule has 1 amide bonds. The summed E-state index contributed by atoms with van der Waals surface area (Å²) in [6.45, 7) is 1.19. The normalized spacial score (nSPS) is 14.6. The topological polar surface area (TPSA) is 93.2 Å². The molecule has 8 nitrogen and oxygen atoms in total. The highest BCUT2D eigenvalue weighted by Crippen LogP contribution is 2.32. The van der Waals surface area contributed by atoms with Crippen LogP contribution in [0.5, 0.6) is 5.75 Å². The molecular weight excluding hydrogens is 516 g/mol. The molecular formula is C30H28N2O6S. The molecule has 9 heteroatoms. The molecule has 0 aliphatic carbocycles. The molecule has 0 spiro atoms. The first kappa shape index (κ1) is 26.2. The van der Waals surface area contributed by atoms with Gasteiger partial charge in [0.15, 0.2) is 13.2 Å². The van der Waals surface area contributed by atoms with Crippen molar-refractivity contribution in [2.75, 3.05) is 29.5 Å². The van der Waals surface area contributed by atoms with Gasteiger partial charge in [0.1, 0.15) is 5.75 Å². The van der Waals surface area contributed by atoms with Crippen molar-refractivity contribution >= 4 is 44.0 Å². The maximum Gasteiger partial charge on any atom is 0.344 e. The van der Waals surface area contributed by atoms with Gasteiger partial charge in [0.05, 0.1) is 10.6 Å². The van der Waals surface area contributed by atoms with Gasteiger partial charge in [-0.2, -0.15) is 0 Å². The summed E-state index contributed by atoms with van der Waals surface area (Å²) in [5.74, 6) is -0.606. The summed E-state index contributed by atoms with van der Waals surface area (Å²) in [4.78, 5) is 26.8. The van der Waals surface area contributed by atoms with Crippen LogP contribution < -0.4 is 13.9 Å². The van der Waals surface area contributed by atoms with Crippen molar-refractivity contribution < 1.29 is 27.5 Å². The molecule has 5 rings (SSSR count). The zero-order valence-electron chi connectivity index (χ0n) is 21.6. The Kier molecular flexibility index (Phi) is 7.26. The number of para-hydroxylation sites is 1. The second-order valence-electron chi connectivity index (χ2n) is 9.37. The third-order valence-corrected chi connectivity index (χ3v) is 8.55. The van der Waals surface area contributed by atoms with Gasteiger partial charge in [0, 0.05) is 18.8 Å². The van der Waals surface area contributed by atoms with Crippen LogP contribution in [0.15, 0.2) is 95.9 Å². The van der Waals surface area contributed by atoms with Crippen LogP contribution in [0.2, 0.25) is 0 Å². The molecule has 39 heavy (non-hydrogen) atoms. The van der Waals surface area contributed by atoms with Gasteiger partial charge in [-0.25, -0.2) is 13.2 Å². The number of anilines is 2. The van der Waals surface area contributed by atoms with Crippen molar-refractivity contribution in [1.82, 2.24) is 0 Å². The summed E-state index contributed by atoms with van der Waals surface area (Å²) < 4.78 is 38.2. The Hall–Kier alpha value is -4.37. The number of carbonyl (C=O) groups excluding carboxylic acids is 2. The standard InChI is InChI=1S/C30H28N2O6S/c1-21-17-24-9-5-6-10-28(24)32(21)29(33)19-38-30(34)20-37-26-14-12-25(13-15-26)31(2)39(35,36)27-16-11-22-7-3-4-8-23(22)18-27/h3-16,18,21H,17,19-20H2,1-2H3. The van der Waals surface area contributed by atoms with Gasteiger partial charge in [-0.05, 0) is 72.1 Å². The SMILES string of the molecule is CC1Cc2ccccc2N1C(=O)COC(=O)COc1ccc(N(C)S(=O)(=O)c2ccc3ccccc3c2)cc1. The van der Waals surface area contributed by atoms with Crippen molar-refractivity contribution in [2.45, 2.75) is 24.3 Å². The largest absolute Gasteiger partial charge is 0.482 e. The number of hydrogen-bond acceptors (Lipinski definition) is 6. The number of nitrogens with zero attached hydrogens (tertiary/aromatic N) is 2. The van der Waals surface area contributed by atoms with Crippen LogP contribution in [-0.2, 0) is 30.8 Å². The van der Waals surface area contributed by atoms with Gasteiger partial charge in [-0.15, -0.1) is 0 Å². The smallest absolute Gasteiger partial charge is 0.344 e. The van der Waals surface area contributed by atoms with E-state index in [0.29, 0.717) is 11.4 Å². The minimum atomic E-state index is -3.78. The van der Waals surface area contributed by atoms with Crippen molar-refractivity contribution in [2.24, 2.45) is 0 Å². The Labute approximate surface area is 227 Å². The van der Waals surface area contributed by atoms with Crippen LogP contribution in [0, 0.1) is 0 Å². The highest BCUT2D eigenvalue weighted by molar-refractivity contribution is 7.92. The molecule has 0 bridgehead atoms. The van der Waals surface area contributed by atoms with Gasteiger partial charge in [-0.3, -0.25) is 9.10 Å². The number of sulfonamides is 1. The lowest BCUT2D eigenvalue weighted by Crippen LogP contribution is -2.39. The Balaban J connectivity index is 1.15. The molecule has 1 unspecified atom stereocenters. The molecule has 1 heterocycles. The van der Waals surface area contributed by atoms with Gasteiger partial charge >= 0.3 is 5.97 Å². The van der Waals surface area contributed by atoms with Crippen molar-refractivity contribution in [1.29, 1.82) is 0 Å². The lowest BCUT2D eigenvalue weighted by atomic mass is 10.1. The Morgan fingerprint density at radius 2 is 1.59 bits per heavy atom. The predicted octanol–water partition coefficient (Wildman–Crippen LogP) is 4.56. The molecule has 0 fully saturated rings. The van der Waals surface area contributed by atoms with E-state index in [1.165, 1.54) is 11.4 Å². The first-order chi connectivity index (χ1) is 18.7. The molecule has 1 aliphatic rings. The van der Waals surface area contributed by atoms with E-state index in [0.717, 1.165) is 28.4 Å². The first-order valence-corrected chi connectivity index (χ1v) is 13.9. The van der Waals surface area contributed by atoms with Crippen LogP contribution in [0.1, 0.15) is 12.5 Å². The quantitative estimate of drug-likeness (QED) is 0.302. The molecule has 200 valence electrons. The third kappa shape index (κ3) is 5.44. The van der Waals surface area contributed by atoms with Crippen LogP contribution >= 0.6 is 0 Å². The first-order valence-electron chi connectivity index (χ1n) is 12.5. The van der Waals surface area contributed by atoms with E-state index in [1.54, 1.807) is 47.4 Å². The molecule has 0 saturated carbocycles. The van der Waals surface area contributed by atoms with Crippen molar-refractivity contribution in [3.8, 4) is 5.75 Å². The number of benzene rings is 4. The number of fused-ring (bicyclic) bond motifs is 2. The van der Waals surface area contributed by atoms with Gasteiger partial charge in [-0.1, -0.05) is 48.5 Å². The fourth-order valence-electron chi connectivity index (χ4n) is 4.72. The minimum Gasteiger partial charge on any atom is -0.482 e. The second kappa shape index (κ2) is 10.8. The molecule has 4 aromatic rings. The predicted molar refractivity (Wildman–Crippen MR) is 150 cm³/mol. The fraction of sp³-hybridized carbons (Fsp3) is 0.200. The fourth-order valence-corrected chi connectivity index (χ4v) is 5.95. The molecule has 0 N–H and O–H groups in total. The van der Waals surface area contributed by atoms with Crippen LogP contribution in [0.25, 0.3) is 10.8 Å². The average molecular weight is 545 g/mol. The van der Waals surface area contributed by atoms with Gasteiger partial charge < -0.3 is 14.4 Å². The molecule has 1 atom stereocenters. The summed E-state index contributed by atoms with van der Waals surface area (Å²) in [7, 11) is -2.30. The highest BCUT2D eigenvalue weighted by Gasteiger charge is 2.31. The Morgan fingerprint density at radius 1 is 0.897 bits per heavy atom. The zero-order chi connectivity index (χ0) is 27.6. The highest BCUT2D eigenvalue weighted by atomic mass is 32.2.